The molecule has 1 aromatic heterocycles. The van der Waals surface area contributed by atoms with Crippen molar-refractivity contribution < 1.29 is 15.0 Å². The van der Waals surface area contributed by atoms with Crippen LogP contribution in [0.15, 0.2) is 18.3 Å². The Morgan fingerprint density at radius 2 is 2.11 bits per heavy atom. The fraction of sp³-hybridized carbons (Fsp3) is 0.357. The zero-order valence-corrected chi connectivity index (χ0v) is 10.6. The molecule has 0 bridgehead atoms. The number of carbonyl (C=O) groups is 1. The lowest BCUT2D eigenvalue weighted by Gasteiger charge is -2.08. The van der Waals surface area contributed by atoms with E-state index in [4.69, 9.17) is 5.11 Å². The highest BCUT2D eigenvalue weighted by Gasteiger charge is 2.17. The number of aromatic nitrogens is 1. The lowest BCUT2D eigenvalue weighted by molar-refractivity contribution is 0.0697. The standard InChI is InChI=1S/C14H17NO3/c1-3-10-8-15(6-7-16)13-11(10)5-4-9(2)12(13)14(17)18/h4-5,8,16H,3,6-7H2,1-2H3,(H,17,18). The van der Waals surface area contributed by atoms with Crippen molar-refractivity contribution in [2.75, 3.05) is 6.61 Å². The van der Waals surface area contributed by atoms with Crippen molar-refractivity contribution >= 4 is 16.9 Å². The summed E-state index contributed by atoms with van der Waals surface area (Å²) in [7, 11) is 0. The molecule has 0 radical (unpaired) electrons. The van der Waals surface area contributed by atoms with Gasteiger partial charge in [-0.25, -0.2) is 4.79 Å². The minimum atomic E-state index is -0.918. The molecule has 0 atom stereocenters. The first-order chi connectivity index (χ1) is 8.60. The Hall–Kier alpha value is -1.81. The van der Waals surface area contributed by atoms with Crippen molar-refractivity contribution in [3.8, 4) is 0 Å². The molecule has 0 saturated heterocycles. The summed E-state index contributed by atoms with van der Waals surface area (Å²) in [5, 5.41) is 19.4. The van der Waals surface area contributed by atoms with Gasteiger partial charge in [0.1, 0.15) is 0 Å². The summed E-state index contributed by atoms with van der Waals surface area (Å²) < 4.78 is 1.84. The molecular weight excluding hydrogens is 230 g/mol. The van der Waals surface area contributed by atoms with E-state index in [1.165, 1.54) is 0 Å². The molecule has 4 nitrogen and oxygen atoms in total. The van der Waals surface area contributed by atoms with E-state index in [9.17, 15) is 9.90 Å². The Labute approximate surface area is 105 Å². The van der Waals surface area contributed by atoms with Crippen LogP contribution in [0.4, 0.5) is 0 Å². The lowest BCUT2D eigenvalue weighted by atomic mass is 10.0. The number of fused-ring (bicyclic) bond motifs is 1. The highest BCUT2D eigenvalue weighted by atomic mass is 16.4. The van der Waals surface area contributed by atoms with E-state index in [1.54, 1.807) is 6.92 Å². The molecule has 96 valence electrons. The maximum atomic E-state index is 11.4. The van der Waals surface area contributed by atoms with Crippen LogP contribution in [0.2, 0.25) is 0 Å². The summed E-state index contributed by atoms with van der Waals surface area (Å²) >= 11 is 0. The van der Waals surface area contributed by atoms with Gasteiger partial charge in [-0.15, -0.1) is 0 Å². The Kier molecular flexibility index (Phi) is 3.39. The Balaban J connectivity index is 2.84. The monoisotopic (exact) mass is 247 g/mol. The van der Waals surface area contributed by atoms with Gasteiger partial charge in [-0.05, 0) is 24.5 Å². The van der Waals surface area contributed by atoms with Crippen molar-refractivity contribution in [1.29, 1.82) is 0 Å². The third kappa shape index (κ3) is 1.88. The first-order valence-corrected chi connectivity index (χ1v) is 6.05. The van der Waals surface area contributed by atoms with E-state index in [-0.39, 0.29) is 6.61 Å². The van der Waals surface area contributed by atoms with Gasteiger partial charge in [0.2, 0.25) is 0 Å². The Bertz CT molecular complexity index is 599. The summed E-state index contributed by atoms with van der Waals surface area (Å²) in [6.07, 6.45) is 2.78. The van der Waals surface area contributed by atoms with Gasteiger partial charge in [0, 0.05) is 18.1 Å². The summed E-state index contributed by atoms with van der Waals surface area (Å²) in [6.45, 7) is 4.25. The summed E-state index contributed by atoms with van der Waals surface area (Å²) in [6, 6.07) is 3.80. The molecule has 1 heterocycles. The fourth-order valence-electron chi connectivity index (χ4n) is 2.41. The van der Waals surface area contributed by atoms with Gasteiger partial charge in [-0.2, -0.15) is 0 Å². The number of aryl methyl sites for hydroxylation is 2. The van der Waals surface area contributed by atoms with Crippen LogP contribution in [0.25, 0.3) is 10.9 Å². The number of aliphatic hydroxyl groups is 1. The second-order valence-corrected chi connectivity index (χ2v) is 4.38. The van der Waals surface area contributed by atoms with E-state index >= 15 is 0 Å². The molecule has 1 aromatic carbocycles. The third-order valence-electron chi connectivity index (χ3n) is 3.27. The number of carboxylic acids is 1. The van der Waals surface area contributed by atoms with Crippen LogP contribution in [-0.2, 0) is 13.0 Å². The topological polar surface area (TPSA) is 62.5 Å². The zero-order valence-electron chi connectivity index (χ0n) is 10.6. The maximum absolute atomic E-state index is 11.4. The predicted octanol–water partition coefficient (Wildman–Crippen LogP) is 2.20. The van der Waals surface area contributed by atoms with Crippen LogP contribution < -0.4 is 0 Å². The van der Waals surface area contributed by atoms with Gasteiger partial charge in [0.25, 0.3) is 0 Å². The fourth-order valence-corrected chi connectivity index (χ4v) is 2.41. The number of carboxylic acid groups (broad SMARTS) is 1. The highest BCUT2D eigenvalue weighted by molar-refractivity contribution is 6.04. The lowest BCUT2D eigenvalue weighted by Crippen LogP contribution is -2.07. The molecule has 0 aliphatic rings. The summed E-state index contributed by atoms with van der Waals surface area (Å²) in [5.74, 6) is -0.918. The number of benzene rings is 1. The van der Waals surface area contributed by atoms with E-state index in [0.717, 1.165) is 22.9 Å². The van der Waals surface area contributed by atoms with Gasteiger partial charge in [0.15, 0.2) is 0 Å². The van der Waals surface area contributed by atoms with Crippen molar-refractivity contribution in [3.05, 3.63) is 35.0 Å². The normalized spacial score (nSPS) is 11.1. The molecule has 0 amide bonds. The highest BCUT2D eigenvalue weighted by Crippen LogP contribution is 2.27. The maximum Gasteiger partial charge on any atom is 0.338 e. The number of nitrogens with zero attached hydrogens (tertiary/aromatic N) is 1. The van der Waals surface area contributed by atoms with E-state index in [0.29, 0.717) is 17.6 Å². The molecule has 0 aliphatic carbocycles. The molecule has 0 fully saturated rings. The first kappa shape index (κ1) is 12.6. The van der Waals surface area contributed by atoms with Crippen LogP contribution in [0.3, 0.4) is 0 Å². The molecule has 0 saturated carbocycles. The van der Waals surface area contributed by atoms with E-state index in [2.05, 4.69) is 0 Å². The molecule has 0 aliphatic heterocycles. The molecule has 4 heteroatoms. The third-order valence-corrected chi connectivity index (χ3v) is 3.27. The minimum absolute atomic E-state index is 0.0000642. The predicted molar refractivity (Wildman–Crippen MR) is 70.1 cm³/mol. The van der Waals surface area contributed by atoms with Crippen LogP contribution in [0.1, 0.15) is 28.4 Å². The Morgan fingerprint density at radius 3 is 2.67 bits per heavy atom. The molecular formula is C14H17NO3. The number of aliphatic hydroxyl groups excluding tert-OH is 1. The van der Waals surface area contributed by atoms with Crippen molar-refractivity contribution in [3.63, 3.8) is 0 Å². The molecule has 2 rings (SSSR count). The Morgan fingerprint density at radius 1 is 1.39 bits per heavy atom. The van der Waals surface area contributed by atoms with Crippen molar-refractivity contribution in [1.82, 2.24) is 4.57 Å². The minimum Gasteiger partial charge on any atom is -0.478 e. The molecule has 0 spiro atoms. The van der Waals surface area contributed by atoms with Crippen LogP contribution in [0.5, 0.6) is 0 Å². The number of rotatable bonds is 4. The largest absolute Gasteiger partial charge is 0.478 e. The average Bonchev–Trinajstić information content (AvgIpc) is 2.67. The van der Waals surface area contributed by atoms with Crippen molar-refractivity contribution in [2.45, 2.75) is 26.8 Å². The van der Waals surface area contributed by atoms with E-state index < -0.39 is 5.97 Å². The smallest absolute Gasteiger partial charge is 0.338 e. The van der Waals surface area contributed by atoms with Gasteiger partial charge in [0.05, 0.1) is 17.7 Å². The second kappa shape index (κ2) is 4.82. The van der Waals surface area contributed by atoms with Crippen molar-refractivity contribution in [2.24, 2.45) is 0 Å². The van der Waals surface area contributed by atoms with Gasteiger partial charge < -0.3 is 14.8 Å². The van der Waals surface area contributed by atoms with Gasteiger partial charge in [-0.1, -0.05) is 19.1 Å². The molecule has 2 aromatic rings. The quantitative estimate of drug-likeness (QED) is 0.870. The second-order valence-electron chi connectivity index (χ2n) is 4.38. The van der Waals surface area contributed by atoms with E-state index in [1.807, 2.05) is 29.8 Å². The van der Waals surface area contributed by atoms with Crippen LogP contribution in [-0.4, -0.2) is 27.4 Å². The van der Waals surface area contributed by atoms with Crippen LogP contribution >= 0.6 is 0 Å². The van der Waals surface area contributed by atoms with Gasteiger partial charge >= 0.3 is 5.97 Å². The average molecular weight is 247 g/mol. The molecule has 18 heavy (non-hydrogen) atoms. The number of hydrogen-bond donors (Lipinski definition) is 2. The number of aromatic carboxylic acids is 1. The van der Waals surface area contributed by atoms with Gasteiger partial charge in [-0.3, -0.25) is 0 Å². The SMILES string of the molecule is CCc1cn(CCO)c2c(C(=O)O)c(C)ccc12. The molecule has 2 N–H and O–H groups in total. The zero-order chi connectivity index (χ0) is 13.3. The first-order valence-electron chi connectivity index (χ1n) is 6.05. The summed E-state index contributed by atoms with van der Waals surface area (Å²) in [5.41, 5.74) is 2.91. The molecule has 0 unspecified atom stereocenters. The van der Waals surface area contributed by atoms with Crippen LogP contribution in [0, 0.1) is 6.92 Å². The number of hydrogen-bond acceptors (Lipinski definition) is 2. The summed E-state index contributed by atoms with van der Waals surface area (Å²) in [4.78, 5) is 11.4.